The highest BCUT2D eigenvalue weighted by molar-refractivity contribution is 6.03. The molecule has 0 fully saturated rings. The largest absolute Gasteiger partial charge is 0.331 e. The van der Waals surface area contributed by atoms with E-state index in [1.807, 2.05) is 32.0 Å². The summed E-state index contributed by atoms with van der Waals surface area (Å²) < 4.78 is 0. The van der Waals surface area contributed by atoms with Crippen LogP contribution < -0.4 is 5.32 Å². The zero-order valence-corrected chi connectivity index (χ0v) is 9.24. The molecule has 0 atom stereocenters. The summed E-state index contributed by atoms with van der Waals surface area (Å²) in [5.74, 6) is 0.311. The zero-order chi connectivity index (χ0) is 11.5. The molecule has 2 aromatic rings. The van der Waals surface area contributed by atoms with E-state index >= 15 is 0 Å². The molecule has 0 aliphatic heterocycles. The highest BCUT2D eigenvalue weighted by Crippen LogP contribution is 2.10. The maximum Gasteiger partial charge on any atom is 0.257 e. The van der Waals surface area contributed by atoms with Gasteiger partial charge in [0.15, 0.2) is 0 Å². The van der Waals surface area contributed by atoms with Gasteiger partial charge in [-0.2, -0.15) is 0 Å². The average molecular weight is 215 g/mol. The first-order valence-corrected chi connectivity index (χ1v) is 5.04. The van der Waals surface area contributed by atoms with Crippen LogP contribution in [-0.2, 0) is 0 Å². The lowest BCUT2D eigenvalue weighted by molar-refractivity contribution is 0.102. The van der Waals surface area contributed by atoms with Crippen molar-refractivity contribution in [3.05, 3.63) is 47.3 Å². The van der Waals surface area contributed by atoms with Gasteiger partial charge in [-0.1, -0.05) is 17.2 Å². The first-order chi connectivity index (χ1) is 7.65. The normalized spacial score (nSPS) is 10.1. The fourth-order valence-corrected chi connectivity index (χ4v) is 1.62. The summed E-state index contributed by atoms with van der Waals surface area (Å²) in [7, 11) is 0. The highest BCUT2D eigenvalue weighted by atomic mass is 16.1. The Labute approximate surface area is 93.7 Å². The topological polar surface area (TPSA) is 57.8 Å². The third-order valence-electron chi connectivity index (χ3n) is 2.21. The second kappa shape index (κ2) is 4.18. The minimum Gasteiger partial charge on any atom is -0.331 e. The van der Waals surface area contributed by atoms with Crippen molar-refractivity contribution in [3.63, 3.8) is 0 Å². The Balaban J connectivity index is 2.21. The van der Waals surface area contributed by atoms with Crippen LogP contribution in [0.5, 0.6) is 0 Å². The molecule has 0 radical (unpaired) electrons. The molecule has 4 heteroatoms. The number of nitrogens with one attached hydrogen (secondary N) is 2. The number of aryl methyl sites for hydroxylation is 2. The summed E-state index contributed by atoms with van der Waals surface area (Å²) in [6.07, 6.45) is 3.26. The van der Waals surface area contributed by atoms with Gasteiger partial charge in [-0.15, -0.1) is 0 Å². The van der Waals surface area contributed by atoms with Crippen LogP contribution in [0, 0.1) is 13.8 Å². The molecule has 2 N–H and O–H groups in total. The molecule has 1 amide bonds. The Morgan fingerprint density at radius 3 is 2.50 bits per heavy atom. The fourth-order valence-electron chi connectivity index (χ4n) is 1.62. The number of carbonyl (C=O) groups is 1. The number of imidazole rings is 1. The van der Waals surface area contributed by atoms with Crippen molar-refractivity contribution in [1.29, 1.82) is 0 Å². The number of hydrogen-bond donors (Lipinski definition) is 2. The van der Waals surface area contributed by atoms with Gasteiger partial charge < -0.3 is 4.98 Å². The van der Waals surface area contributed by atoms with E-state index in [2.05, 4.69) is 15.3 Å². The first-order valence-electron chi connectivity index (χ1n) is 5.04. The van der Waals surface area contributed by atoms with Gasteiger partial charge in [0.05, 0.1) is 0 Å². The third kappa shape index (κ3) is 2.28. The van der Waals surface area contributed by atoms with E-state index in [4.69, 9.17) is 0 Å². The number of benzene rings is 1. The summed E-state index contributed by atoms with van der Waals surface area (Å²) in [5, 5.41) is 2.69. The maximum atomic E-state index is 11.8. The van der Waals surface area contributed by atoms with E-state index < -0.39 is 0 Å². The molecular weight excluding hydrogens is 202 g/mol. The van der Waals surface area contributed by atoms with E-state index in [0.29, 0.717) is 11.5 Å². The second-order valence-corrected chi connectivity index (χ2v) is 3.77. The van der Waals surface area contributed by atoms with Gasteiger partial charge in [0, 0.05) is 18.0 Å². The molecule has 0 saturated carbocycles. The number of aromatic amines is 1. The number of hydrogen-bond acceptors (Lipinski definition) is 2. The Morgan fingerprint density at radius 2 is 1.94 bits per heavy atom. The minimum atomic E-state index is -0.151. The molecular formula is C12H13N3O. The van der Waals surface area contributed by atoms with E-state index in [9.17, 15) is 4.79 Å². The molecule has 0 spiro atoms. The Hall–Kier alpha value is -2.10. The molecule has 0 saturated heterocycles. The van der Waals surface area contributed by atoms with Crippen LogP contribution in [0.4, 0.5) is 5.95 Å². The molecule has 1 aromatic heterocycles. The summed E-state index contributed by atoms with van der Waals surface area (Å²) in [5.41, 5.74) is 2.79. The molecule has 4 nitrogen and oxygen atoms in total. The van der Waals surface area contributed by atoms with Gasteiger partial charge in [0.1, 0.15) is 0 Å². The van der Waals surface area contributed by atoms with Crippen LogP contribution in [0.1, 0.15) is 21.5 Å². The van der Waals surface area contributed by atoms with Crippen molar-refractivity contribution < 1.29 is 4.79 Å². The van der Waals surface area contributed by atoms with Crippen molar-refractivity contribution in [3.8, 4) is 0 Å². The minimum absolute atomic E-state index is 0.151. The van der Waals surface area contributed by atoms with Crippen LogP contribution in [0.2, 0.25) is 0 Å². The lowest BCUT2D eigenvalue weighted by atomic mass is 10.1. The SMILES string of the molecule is Cc1cc(C)cc(C(=O)Nc2ncc[nH]2)c1. The Bertz CT molecular complexity index is 483. The Kier molecular flexibility index (Phi) is 2.72. The summed E-state index contributed by atoms with van der Waals surface area (Å²) in [6.45, 7) is 3.94. The van der Waals surface area contributed by atoms with Crippen LogP contribution in [-0.4, -0.2) is 15.9 Å². The van der Waals surface area contributed by atoms with Gasteiger partial charge in [0.2, 0.25) is 5.95 Å². The molecule has 0 bridgehead atoms. The number of anilines is 1. The predicted octanol–water partition coefficient (Wildman–Crippen LogP) is 2.28. The van der Waals surface area contributed by atoms with Gasteiger partial charge in [-0.25, -0.2) is 4.98 Å². The molecule has 16 heavy (non-hydrogen) atoms. The van der Waals surface area contributed by atoms with E-state index in [1.54, 1.807) is 12.4 Å². The molecule has 0 unspecified atom stereocenters. The lowest BCUT2D eigenvalue weighted by Crippen LogP contribution is -2.13. The lowest BCUT2D eigenvalue weighted by Gasteiger charge is -2.04. The highest BCUT2D eigenvalue weighted by Gasteiger charge is 2.07. The van der Waals surface area contributed by atoms with Crippen LogP contribution in [0.15, 0.2) is 30.6 Å². The van der Waals surface area contributed by atoms with Crippen molar-refractivity contribution in [2.75, 3.05) is 5.32 Å². The summed E-state index contributed by atoms with van der Waals surface area (Å²) >= 11 is 0. The number of H-pyrrole nitrogens is 1. The standard InChI is InChI=1S/C12H13N3O/c1-8-5-9(2)7-10(6-8)11(16)15-12-13-3-4-14-12/h3-7H,1-2H3,(H2,13,14,15,16). The van der Waals surface area contributed by atoms with Crippen LogP contribution >= 0.6 is 0 Å². The van der Waals surface area contributed by atoms with E-state index in [-0.39, 0.29) is 5.91 Å². The summed E-state index contributed by atoms with van der Waals surface area (Å²) in [6, 6.07) is 5.74. The molecule has 82 valence electrons. The molecule has 1 aromatic carbocycles. The van der Waals surface area contributed by atoms with Crippen molar-refractivity contribution in [1.82, 2.24) is 9.97 Å². The van der Waals surface area contributed by atoms with Gasteiger partial charge in [-0.3, -0.25) is 10.1 Å². The smallest absolute Gasteiger partial charge is 0.257 e. The predicted molar refractivity (Wildman–Crippen MR) is 62.5 cm³/mol. The van der Waals surface area contributed by atoms with E-state index in [1.165, 1.54) is 0 Å². The van der Waals surface area contributed by atoms with Crippen LogP contribution in [0.3, 0.4) is 0 Å². The quantitative estimate of drug-likeness (QED) is 0.807. The van der Waals surface area contributed by atoms with Crippen LogP contribution in [0.25, 0.3) is 0 Å². The van der Waals surface area contributed by atoms with E-state index in [0.717, 1.165) is 11.1 Å². The number of carbonyl (C=O) groups excluding carboxylic acids is 1. The number of rotatable bonds is 2. The Morgan fingerprint density at radius 1 is 1.25 bits per heavy atom. The molecule has 2 rings (SSSR count). The maximum absolute atomic E-state index is 11.8. The molecule has 0 aliphatic rings. The fraction of sp³-hybridized carbons (Fsp3) is 0.167. The third-order valence-corrected chi connectivity index (χ3v) is 2.21. The first kappa shape index (κ1) is 10.4. The number of nitrogens with zero attached hydrogens (tertiary/aromatic N) is 1. The van der Waals surface area contributed by atoms with Crippen molar-refractivity contribution in [2.24, 2.45) is 0 Å². The number of aromatic nitrogens is 2. The van der Waals surface area contributed by atoms with Crippen molar-refractivity contribution in [2.45, 2.75) is 13.8 Å². The van der Waals surface area contributed by atoms with Crippen molar-refractivity contribution >= 4 is 11.9 Å². The van der Waals surface area contributed by atoms with Gasteiger partial charge in [-0.05, 0) is 26.0 Å². The average Bonchev–Trinajstić information content (AvgIpc) is 2.68. The summed E-state index contributed by atoms with van der Waals surface area (Å²) in [4.78, 5) is 18.6. The van der Waals surface area contributed by atoms with Gasteiger partial charge >= 0.3 is 0 Å². The second-order valence-electron chi connectivity index (χ2n) is 3.77. The molecule has 1 heterocycles. The zero-order valence-electron chi connectivity index (χ0n) is 9.24. The monoisotopic (exact) mass is 215 g/mol. The molecule has 0 aliphatic carbocycles. The number of amides is 1. The van der Waals surface area contributed by atoms with Gasteiger partial charge in [0.25, 0.3) is 5.91 Å².